The van der Waals surface area contributed by atoms with Gasteiger partial charge in [0, 0.05) is 23.3 Å². The van der Waals surface area contributed by atoms with Crippen molar-refractivity contribution in [2.45, 2.75) is 26.3 Å². The molecule has 1 amide bonds. The summed E-state index contributed by atoms with van der Waals surface area (Å²) in [6, 6.07) is 11.7. The second-order valence-electron chi connectivity index (χ2n) is 6.18. The standard InChI is InChI=1S/C20H21N3O2S/c1-14(2)15-5-3-7-18(9-15)25-12-19(24)22-11-17-13-26-20(23-17)16-6-4-8-21-10-16/h3-10,13-14H,11-12H2,1-2H3,(H,22,24). The third kappa shape index (κ3) is 4.89. The second-order valence-corrected chi connectivity index (χ2v) is 7.04. The van der Waals surface area contributed by atoms with Gasteiger partial charge in [-0.3, -0.25) is 9.78 Å². The molecule has 0 unspecified atom stereocenters. The molecule has 0 atom stereocenters. The molecule has 5 nitrogen and oxygen atoms in total. The molecule has 0 radical (unpaired) electrons. The summed E-state index contributed by atoms with van der Waals surface area (Å²) in [7, 11) is 0. The number of ether oxygens (including phenoxy) is 1. The molecule has 0 aliphatic carbocycles. The van der Waals surface area contributed by atoms with E-state index in [1.54, 1.807) is 12.4 Å². The average Bonchev–Trinajstić information content (AvgIpc) is 3.15. The summed E-state index contributed by atoms with van der Waals surface area (Å²) in [6.45, 7) is 4.62. The summed E-state index contributed by atoms with van der Waals surface area (Å²) in [5.74, 6) is 0.959. The first-order valence-corrected chi connectivity index (χ1v) is 9.34. The van der Waals surface area contributed by atoms with Crippen LogP contribution >= 0.6 is 11.3 Å². The predicted molar refractivity (Wildman–Crippen MR) is 103 cm³/mol. The van der Waals surface area contributed by atoms with Crippen molar-refractivity contribution >= 4 is 17.2 Å². The van der Waals surface area contributed by atoms with E-state index in [1.807, 2.05) is 35.7 Å². The van der Waals surface area contributed by atoms with Crippen molar-refractivity contribution < 1.29 is 9.53 Å². The minimum absolute atomic E-state index is 0.0127. The summed E-state index contributed by atoms with van der Waals surface area (Å²) < 4.78 is 5.58. The smallest absolute Gasteiger partial charge is 0.258 e. The number of benzene rings is 1. The number of nitrogens with zero attached hydrogens (tertiary/aromatic N) is 2. The van der Waals surface area contributed by atoms with E-state index in [0.717, 1.165) is 16.3 Å². The van der Waals surface area contributed by atoms with Crippen LogP contribution in [-0.2, 0) is 11.3 Å². The van der Waals surface area contributed by atoms with Crippen LogP contribution in [0.5, 0.6) is 5.75 Å². The Morgan fingerprint density at radius 2 is 2.15 bits per heavy atom. The van der Waals surface area contributed by atoms with Gasteiger partial charge in [-0.1, -0.05) is 26.0 Å². The van der Waals surface area contributed by atoms with Crippen LogP contribution in [0.25, 0.3) is 10.6 Å². The molecule has 26 heavy (non-hydrogen) atoms. The molecule has 3 rings (SSSR count). The molecule has 2 aromatic heterocycles. The summed E-state index contributed by atoms with van der Waals surface area (Å²) in [6.07, 6.45) is 3.51. The number of amides is 1. The van der Waals surface area contributed by atoms with Crippen molar-refractivity contribution in [2.75, 3.05) is 6.61 Å². The van der Waals surface area contributed by atoms with E-state index in [1.165, 1.54) is 16.9 Å². The molecule has 0 spiro atoms. The van der Waals surface area contributed by atoms with Crippen molar-refractivity contribution in [3.8, 4) is 16.3 Å². The first kappa shape index (κ1) is 18.1. The van der Waals surface area contributed by atoms with Crippen LogP contribution in [0.15, 0.2) is 54.2 Å². The topological polar surface area (TPSA) is 64.1 Å². The second kappa shape index (κ2) is 8.58. The van der Waals surface area contributed by atoms with E-state index in [9.17, 15) is 4.79 Å². The fourth-order valence-electron chi connectivity index (χ4n) is 2.36. The van der Waals surface area contributed by atoms with Gasteiger partial charge in [0.05, 0.1) is 12.2 Å². The molecule has 0 saturated heterocycles. The SMILES string of the molecule is CC(C)c1cccc(OCC(=O)NCc2csc(-c3cccnc3)n2)c1. The van der Waals surface area contributed by atoms with Gasteiger partial charge in [-0.2, -0.15) is 0 Å². The number of hydrogen-bond acceptors (Lipinski definition) is 5. The van der Waals surface area contributed by atoms with Gasteiger partial charge in [0.2, 0.25) is 0 Å². The maximum Gasteiger partial charge on any atom is 0.258 e. The van der Waals surface area contributed by atoms with Gasteiger partial charge in [0.1, 0.15) is 10.8 Å². The Labute approximate surface area is 157 Å². The zero-order valence-corrected chi connectivity index (χ0v) is 15.6. The average molecular weight is 367 g/mol. The van der Waals surface area contributed by atoms with Gasteiger partial charge in [-0.15, -0.1) is 11.3 Å². The lowest BCUT2D eigenvalue weighted by molar-refractivity contribution is -0.123. The molecule has 3 aromatic rings. The molecular formula is C20H21N3O2S. The minimum Gasteiger partial charge on any atom is -0.484 e. The molecule has 0 aliphatic rings. The van der Waals surface area contributed by atoms with Crippen molar-refractivity contribution in [1.29, 1.82) is 0 Å². The Bertz CT molecular complexity index is 862. The lowest BCUT2D eigenvalue weighted by atomic mass is 10.0. The highest BCUT2D eigenvalue weighted by Crippen LogP contribution is 2.22. The molecular weight excluding hydrogens is 346 g/mol. The number of nitrogens with one attached hydrogen (secondary N) is 1. The van der Waals surface area contributed by atoms with Crippen molar-refractivity contribution in [3.05, 3.63) is 65.4 Å². The Hall–Kier alpha value is -2.73. The largest absolute Gasteiger partial charge is 0.484 e. The Morgan fingerprint density at radius 1 is 1.27 bits per heavy atom. The normalized spacial score (nSPS) is 10.7. The summed E-state index contributed by atoms with van der Waals surface area (Å²) in [5, 5.41) is 5.67. The van der Waals surface area contributed by atoms with E-state index >= 15 is 0 Å². The van der Waals surface area contributed by atoms with E-state index < -0.39 is 0 Å². The number of rotatable bonds is 7. The third-order valence-corrected chi connectivity index (χ3v) is 4.76. The first-order valence-electron chi connectivity index (χ1n) is 8.46. The molecule has 0 saturated carbocycles. The van der Waals surface area contributed by atoms with Gasteiger partial charge in [-0.05, 0) is 35.7 Å². The fraction of sp³-hybridized carbons (Fsp3) is 0.250. The maximum absolute atomic E-state index is 12.0. The van der Waals surface area contributed by atoms with Crippen LogP contribution in [0.4, 0.5) is 0 Å². The van der Waals surface area contributed by atoms with Gasteiger partial charge < -0.3 is 10.1 Å². The first-order chi connectivity index (χ1) is 12.6. The molecule has 0 fully saturated rings. The van der Waals surface area contributed by atoms with Crippen molar-refractivity contribution in [3.63, 3.8) is 0 Å². The molecule has 134 valence electrons. The molecule has 0 aliphatic heterocycles. The lowest BCUT2D eigenvalue weighted by Gasteiger charge is -2.10. The van der Waals surface area contributed by atoms with E-state index in [4.69, 9.17) is 4.74 Å². The summed E-state index contributed by atoms with van der Waals surface area (Å²) in [5.41, 5.74) is 2.99. The Balaban J connectivity index is 1.49. The van der Waals surface area contributed by atoms with E-state index in [-0.39, 0.29) is 12.5 Å². The number of aromatic nitrogens is 2. The quantitative estimate of drug-likeness (QED) is 0.685. The number of carbonyl (C=O) groups is 1. The van der Waals surface area contributed by atoms with Crippen LogP contribution in [0.2, 0.25) is 0 Å². The molecule has 1 aromatic carbocycles. The van der Waals surface area contributed by atoms with Crippen LogP contribution in [0.3, 0.4) is 0 Å². The lowest BCUT2D eigenvalue weighted by Crippen LogP contribution is -2.28. The van der Waals surface area contributed by atoms with Gasteiger partial charge in [-0.25, -0.2) is 4.98 Å². The van der Waals surface area contributed by atoms with Crippen LogP contribution < -0.4 is 10.1 Å². The molecule has 0 bridgehead atoms. The van der Waals surface area contributed by atoms with E-state index in [0.29, 0.717) is 18.2 Å². The van der Waals surface area contributed by atoms with Gasteiger partial charge in [0.25, 0.3) is 5.91 Å². The number of carbonyl (C=O) groups excluding carboxylic acids is 1. The van der Waals surface area contributed by atoms with Crippen molar-refractivity contribution in [2.24, 2.45) is 0 Å². The zero-order chi connectivity index (χ0) is 18.4. The summed E-state index contributed by atoms with van der Waals surface area (Å²) in [4.78, 5) is 20.6. The molecule has 6 heteroatoms. The molecule has 2 heterocycles. The highest BCUT2D eigenvalue weighted by Gasteiger charge is 2.08. The zero-order valence-electron chi connectivity index (χ0n) is 14.8. The van der Waals surface area contributed by atoms with Crippen LogP contribution in [-0.4, -0.2) is 22.5 Å². The Morgan fingerprint density at radius 3 is 2.92 bits per heavy atom. The number of thiazole rings is 1. The molecule has 1 N–H and O–H groups in total. The maximum atomic E-state index is 12.0. The fourth-order valence-corrected chi connectivity index (χ4v) is 3.17. The summed E-state index contributed by atoms with van der Waals surface area (Å²) >= 11 is 1.54. The number of hydrogen-bond donors (Lipinski definition) is 1. The predicted octanol–water partition coefficient (Wildman–Crippen LogP) is 4.02. The third-order valence-electron chi connectivity index (χ3n) is 3.82. The minimum atomic E-state index is -0.170. The Kier molecular flexibility index (Phi) is 5.96. The van der Waals surface area contributed by atoms with Crippen LogP contribution in [0, 0.1) is 0 Å². The highest BCUT2D eigenvalue weighted by atomic mass is 32.1. The van der Waals surface area contributed by atoms with Crippen LogP contribution in [0.1, 0.15) is 31.0 Å². The van der Waals surface area contributed by atoms with E-state index in [2.05, 4.69) is 35.2 Å². The van der Waals surface area contributed by atoms with Crippen molar-refractivity contribution in [1.82, 2.24) is 15.3 Å². The highest BCUT2D eigenvalue weighted by molar-refractivity contribution is 7.13. The van der Waals surface area contributed by atoms with Gasteiger partial charge >= 0.3 is 0 Å². The van der Waals surface area contributed by atoms with Gasteiger partial charge in [0.15, 0.2) is 6.61 Å². The monoisotopic (exact) mass is 367 g/mol. The number of pyridine rings is 1.